The fraction of sp³-hybridized carbons (Fsp3) is 0.316. The molecule has 1 fully saturated rings. The zero-order chi connectivity index (χ0) is 16.5. The van der Waals surface area contributed by atoms with Crippen LogP contribution in [0.5, 0.6) is 11.5 Å². The van der Waals surface area contributed by atoms with Gasteiger partial charge in [0.25, 0.3) is 0 Å². The third-order valence-corrected chi connectivity index (χ3v) is 4.49. The van der Waals surface area contributed by atoms with E-state index in [2.05, 4.69) is 4.90 Å². The van der Waals surface area contributed by atoms with Crippen LogP contribution in [0.4, 0.5) is 8.78 Å². The van der Waals surface area contributed by atoms with Crippen molar-refractivity contribution in [3.8, 4) is 11.5 Å². The monoisotopic (exact) mass is 330 g/mol. The Labute approximate surface area is 139 Å². The van der Waals surface area contributed by atoms with E-state index in [0.29, 0.717) is 18.8 Å². The van der Waals surface area contributed by atoms with Gasteiger partial charge < -0.3 is 9.47 Å². The molecule has 2 aliphatic rings. The number of halogens is 2. The number of benzene rings is 2. The Kier molecular flexibility index (Phi) is 4.10. The normalized spacial score (nSPS) is 20.3. The number of hydrogen-bond acceptors (Lipinski definition) is 3. The first kappa shape index (κ1) is 15.4. The molecule has 24 heavy (non-hydrogen) atoms. The minimum Gasteiger partial charge on any atom is -0.486 e. The van der Waals surface area contributed by atoms with Gasteiger partial charge in [-0.05, 0) is 55.3 Å². The van der Waals surface area contributed by atoms with Gasteiger partial charge in [-0.25, -0.2) is 8.78 Å². The van der Waals surface area contributed by atoms with Crippen molar-refractivity contribution < 1.29 is 18.3 Å². The molecule has 3 nitrogen and oxygen atoms in total. The molecule has 2 aromatic rings. The molecule has 0 unspecified atom stereocenters. The van der Waals surface area contributed by atoms with Crippen LogP contribution in [0.25, 0.3) is 0 Å². The quantitative estimate of drug-likeness (QED) is 0.846. The molecular weight excluding hydrogens is 312 g/mol. The maximum atomic E-state index is 14.1. The first-order valence-electron chi connectivity index (χ1n) is 8.16. The highest BCUT2D eigenvalue weighted by molar-refractivity contribution is 5.45. The van der Waals surface area contributed by atoms with Crippen molar-refractivity contribution in [2.24, 2.45) is 0 Å². The molecular formula is C19H18F2NO2. The SMILES string of the molecule is Fc1ccc(F)c([C@H]2CCCN2[CH]c2ccc3c(c2)OCCO3)c1. The van der Waals surface area contributed by atoms with Crippen LogP contribution < -0.4 is 9.47 Å². The summed E-state index contributed by atoms with van der Waals surface area (Å²) in [6, 6.07) is 9.27. The predicted octanol–water partition coefficient (Wildman–Crippen LogP) is 4.08. The van der Waals surface area contributed by atoms with Gasteiger partial charge in [0.15, 0.2) is 11.5 Å². The fourth-order valence-corrected chi connectivity index (χ4v) is 3.38. The van der Waals surface area contributed by atoms with E-state index in [0.717, 1.165) is 42.5 Å². The number of likely N-dealkylation sites (tertiary alicyclic amines) is 1. The van der Waals surface area contributed by atoms with Gasteiger partial charge in [-0.15, -0.1) is 0 Å². The van der Waals surface area contributed by atoms with Crippen molar-refractivity contribution in [3.05, 3.63) is 65.7 Å². The minimum absolute atomic E-state index is 0.145. The summed E-state index contributed by atoms with van der Waals surface area (Å²) in [4.78, 5) is 2.07. The summed E-state index contributed by atoms with van der Waals surface area (Å²) in [6.07, 6.45) is 1.75. The number of hydrogen-bond donors (Lipinski definition) is 0. The Bertz CT molecular complexity index is 750. The maximum absolute atomic E-state index is 14.1. The second-order valence-corrected chi connectivity index (χ2v) is 6.09. The van der Waals surface area contributed by atoms with Crippen molar-refractivity contribution >= 4 is 0 Å². The Morgan fingerprint density at radius 3 is 2.71 bits per heavy atom. The number of ether oxygens (including phenoxy) is 2. The van der Waals surface area contributed by atoms with Crippen molar-refractivity contribution in [2.75, 3.05) is 19.8 Å². The zero-order valence-corrected chi connectivity index (χ0v) is 13.2. The van der Waals surface area contributed by atoms with Crippen molar-refractivity contribution in [1.29, 1.82) is 0 Å². The van der Waals surface area contributed by atoms with Gasteiger partial charge in [-0.1, -0.05) is 6.07 Å². The Morgan fingerprint density at radius 2 is 1.83 bits per heavy atom. The first-order chi connectivity index (χ1) is 11.7. The summed E-state index contributed by atoms with van der Waals surface area (Å²) >= 11 is 0. The van der Waals surface area contributed by atoms with E-state index in [1.165, 1.54) is 12.1 Å². The molecule has 1 saturated heterocycles. The lowest BCUT2D eigenvalue weighted by Gasteiger charge is -2.25. The highest BCUT2D eigenvalue weighted by Gasteiger charge is 2.29. The molecule has 0 N–H and O–H groups in total. The molecule has 5 heteroatoms. The first-order valence-corrected chi connectivity index (χ1v) is 8.16. The van der Waals surface area contributed by atoms with E-state index in [-0.39, 0.29) is 11.9 Å². The van der Waals surface area contributed by atoms with Gasteiger partial charge in [-0.3, -0.25) is 4.90 Å². The van der Waals surface area contributed by atoms with Gasteiger partial charge >= 0.3 is 0 Å². The smallest absolute Gasteiger partial charge is 0.161 e. The summed E-state index contributed by atoms with van der Waals surface area (Å²) < 4.78 is 38.8. The minimum atomic E-state index is -0.405. The molecule has 2 aliphatic heterocycles. The number of fused-ring (bicyclic) bond motifs is 1. The van der Waals surface area contributed by atoms with Gasteiger partial charge in [0.1, 0.15) is 24.8 Å². The van der Waals surface area contributed by atoms with Crippen LogP contribution >= 0.6 is 0 Å². The van der Waals surface area contributed by atoms with E-state index >= 15 is 0 Å². The van der Waals surface area contributed by atoms with Crippen LogP contribution in [0.1, 0.15) is 30.0 Å². The molecule has 0 spiro atoms. The average molecular weight is 330 g/mol. The van der Waals surface area contributed by atoms with Crippen molar-refractivity contribution in [2.45, 2.75) is 18.9 Å². The van der Waals surface area contributed by atoms with Crippen LogP contribution in [-0.2, 0) is 0 Å². The van der Waals surface area contributed by atoms with E-state index in [9.17, 15) is 8.78 Å². The second-order valence-electron chi connectivity index (χ2n) is 6.09. The fourth-order valence-electron chi connectivity index (χ4n) is 3.38. The van der Waals surface area contributed by atoms with E-state index in [1.807, 2.05) is 24.7 Å². The molecule has 4 rings (SSSR count). The summed E-state index contributed by atoms with van der Waals surface area (Å²) in [7, 11) is 0. The van der Waals surface area contributed by atoms with Gasteiger partial charge in [0.2, 0.25) is 0 Å². The molecule has 0 aliphatic carbocycles. The Balaban J connectivity index is 1.56. The molecule has 0 saturated carbocycles. The van der Waals surface area contributed by atoms with Crippen LogP contribution in [0, 0.1) is 18.2 Å². The van der Waals surface area contributed by atoms with E-state index in [1.54, 1.807) is 0 Å². The summed E-state index contributed by atoms with van der Waals surface area (Å²) in [6.45, 7) is 3.90. The van der Waals surface area contributed by atoms with Gasteiger partial charge in [-0.2, -0.15) is 0 Å². The van der Waals surface area contributed by atoms with Gasteiger partial charge in [0.05, 0.1) is 6.54 Å². The van der Waals surface area contributed by atoms with Crippen LogP contribution in [0.2, 0.25) is 0 Å². The average Bonchev–Trinajstić information content (AvgIpc) is 3.05. The van der Waals surface area contributed by atoms with Crippen LogP contribution in [-0.4, -0.2) is 24.7 Å². The van der Waals surface area contributed by atoms with E-state index in [4.69, 9.17) is 9.47 Å². The third kappa shape index (κ3) is 2.96. The summed E-state index contributed by atoms with van der Waals surface area (Å²) in [5, 5.41) is 0. The molecule has 1 radical (unpaired) electrons. The molecule has 0 bridgehead atoms. The standard InChI is InChI=1S/C19H18F2NO2/c20-14-4-5-16(21)15(11-14)17-2-1-7-22(17)12-13-3-6-18-19(10-13)24-9-8-23-18/h3-6,10-12,17H,1-2,7-9H2/t17-/m1/s1. The predicted molar refractivity (Wildman–Crippen MR) is 85.9 cm³/mol. The van der Waals surface area contributed by atoms with Crippen LogP contribution in [0.15, 0.2) is 36.4 Å². The maximum Gasteiger partial charge on any atom is 0.161 e. The zero-order valence-electron chi connectivity index (χ0n) is 13.2. The van der Waals surface area contributed by atoms with Gasteiger partial charge in [0, 0.05) is 11.6 Å². The summed E-state index contributed by atoms with van der Waals surface area (Å²) in [5.41, 5.74) is 1.38. The highest BCUT2D eigenvalue weighted by Crippen LogP contribution is 2.37. The lowest BCUT2D eigenvalue weighted by Crippen LogP contribution is -2.22. The topological polar surface area (TPSA) is 21.7 Å². The molecule has 2 heterocycles. The van der Waals surface area contributed by atoms with Crippen molar-refractivity contribution in [3.63, 3.8) is 0 Å². The lowest BCUT2D eigenvalue weighted by atomic mass is 10.0. The molecule has 1 atom stereocenters. The summed E-state index contributed by atoms with van der Waals surface area (Å²) in [5.74, 6) is 0.705. The Hall–Kier alpha value is -2.14. The van der Waals surface area contributed by atoms with Crippen LogP contribution in [0.3, 0.4) is 0 Å². The second kappa shape index (κ2) is 6.40. The third-order valence-electron chi connectivity index (χ3n) is 4.49. The molecule has 0 amide bonds. The number of rotatable bonds is 3. The molecule has 125 valence electrons. The number of nitrogens with zero attached hydrogens (tertiary/aromatic N) is 1. The molecule has 2 aromatic carbocycles. The highest BCUT2D eigenvalue weighted by atomic mass is 19.1. The van der Waals surface area contributed by atoms with Crippen molar-refractivity contribution in [1.82, 2.24) is 4.90 Å². The Morgan fingerprint density at radius 1 is 1.00 bits per heavy atom. The van der Waals surface area contributed by atoms with E-state index < -0.39 is 5.82 Å². The molecule has 0 aromatic heterocycles. The lowest BCUT2D eigenvalue weighted by molar-refractivity contribution is 0.171. The largest absolute Gasteiger partial charge is 0.486 e.